The normalized spacial score (nSPS) is 17.6. The Morgan fingerprint density at radius 2 is 1.16 bits per heavy atom. The van der Waals surface area contributed by atoms with Crippen LogP contribution in [0, 0.1) is 11.6 Å². The number of hydrogen-bond acceptors (Lipinski definition) is 5. The summed E-state index contributed by atoms with van der Waals surface area (Å²) in [5, 5.41) is 6.64. The van der Waals surface area contributed by atoms with E-state index in [0.717, 1.165) is 33.7 Å². The average molecular weight is 497 g/mol. The third-order valence-electron chi connectivity index (χ3n) is 5.93. The van der Waals surface area contributed by atoms with Crippen LogP contribution in [0.4, 0.5) is 14.5 Å². The number of aliphatic imine (C=N–C) groups is 2. The van der Waals surface area contributed by atoms with E-state index in [2.05, 4.69) is 10.6 Å². The fourth-order valence-electron chi connectivity index (χ4n) is 4.09. The number of halogens is 2. The van der Waals surface area contributed by atoms with E-state index in [1.54, 1.807) is 24.3 Å². The Bertz CT molecular complexity index is 1410. The first-order valence-electron chi connectivity index (χ1n) is 12.2. The average Bonchev–Trinajstić information content (AvgIpc) is 3.39. The molecule has 2 unspecified atom stereocenters. The monoisotopic (exact) mass is 496 g/mol. The van der Waals surface area contributed by atoms with Crippen LogP contribution in [0.3, 0.4) is 0 Å². The molecule has 4 aromatic carbocycles. The number of anilines is 1. The molecule has 4 aromatic rings. The molecule has 0 saturated heterocycles. The molecule has 0 bridgehead atoms. The highest BCUT2D eigenvalue weighted by Gasteiger charge is 2.24. The van der Waals surface area contributed by atoms with Gasteiger partial charge in [0.2, 0.25) is 0 Å². The molecule has 0 spiro atoms. The van der Waals surface area contributed by atoms with Gasteiger partial charge < -0.3 is 15.4 Å². The van der Waals surface area contributed by atoms with Crippen LogP contribution in [-0.2, 0) is 0 Å². The van der Waals surface area contributed by atoms with Gasteiger partial charge in [0.15, 0.2) is 12.4 Å². The highest BCUT2D eigenvalue weighted by atomic mass is 19.1. The van der Waals surface area contributed by atoms with E-state index < -0.39 is 6.17 Å². The van der Waals surface area contributed by atoms with Crippen molar-refractivity contribution in [3.8, 4) is 5.75 Å². The number of ether oxygens (including phenoxy) is 1. The lowest BCUT2D eigenvalue weighted by molar-refractivity contribution is 0.260. The van der Waals surface area contributed by atoms with Gasteiger partial charge in [-0.3, -0.25) is 0 Å². The van der Waals surface area contributed by atoms with Crippen molar-refractivity contribution >= 4 is 17.4 Å². The molecule has 2 heterocycles. The number of amidine groups is 2. The minimum absolute atomic E-state index is 0.272. The van der Waals surface area contributed by atoms with Gasteiger partial charge in [0.25, 0.3) is 0 Å². The lowest BCUT2D eigenvalue weighted by Gasteiger charge is -2.22. The zero-order valence-electron chi connectivity index (χ0n) is 20.5. The molecule has 0 aliphatic carbocycles. The van der Waals surface area contributed by atoms with E-state index in [1.165, 1.54) is 24.3 Å². The number of nitrogens with one attached hydrogen (secondary N) is 2. The van der Waals surface area contributed by atoms with E-state index in [4.69, 9.17) is 14.7 Å². The van der Waals surface area contributed by atoms with Gasteiger partial charge >= 0.3 is 0 Å². The topological polar surface area (TPSA) is 58.0 Å². The van der Waals surface area contributed by atoms with Gasteiger partial charge in [-0.2, -0.15) is 0 Å². The fourth-order valence-corrected chi connectivity index (χ4v) is 4.09. The predicted molar refractivity (Wildman–Crippen MR) is 143 cm³/mol. The first-order valence-corrected chi connectivity index (χ1v) is 12.2. The van der Waals surface area contributed by atoms with Crippen LogP contribution in [0.5, 0.6) is 5.75 Å². The van der Waals surface area contributed by atoms with Crippen molar-refractivity contribution in [1.29, 1.82) is 0 Å². The number of nitrogens with zero attached hydrogens (tertiary/aromatic N) is 2. The summed E-state index contributed by atoms with van der Waals surface area (Å²) in [6, 6.07) is 27.9. The van der Waals surface area contributed by atoms with Gasteiger partial charge in [0.1, 0.15) is 29.1 Å². The predicted octanol–water partition coefficient (Wildman–Crippen LogP) is 6.99. The van der Waals surface area contributed by atoms with E-state index in [0.29, 0.717) is 11.7 Å². The first kappa shape index (κ1) is 24.2. The largest absolute Gasteiger partial charge is 0.464 e. The highest BCUT2D eigenvalue weighted by Crippen LogP contribution is 2.37. The van der Waals surface area contributed by atoms with Crippen molar-refractivity contribution in [3.63, 3.8) is 0 Å². The third kappa shape index (κ3) is 5.21. The summed E-state index contributed by atoms with van der Waals surface area (Å²) >= 11 is 0. The minimum Gasteiger partial charge on any atom is -0.464 e. The number of rotatable bonds is 4. The van der Waals surface area contributed by atoms with Crippen molar-refractivity contribution in [3.05, 3.63) is 131 Å². The van der Waals surface area contributed by atoms with E-state index in [9.17, 15) is 8.78 Å². The van der Waals surface area contributed by atoms with Gasteiger partial charge in [-0.1, -0.05) is 62.4 Å². The number of para-hydroxylation sites is 2. The van der Waals surface area contributed by atoms with Crippen LogP contribution in [0.1, 0.15) is 48.5 Å². The molecular weight excluding hydrogens is 470 g/mol. The highest BCUT2D eigenvalue weighted by molar-refractivity contribution is 6.15. The van der Waals surface area contributed by atoms with Crippen LogP contribution < -0.4 is 15.4 Å². The SMILES string of the molecule is CC.Fc1ccc(C2=NC(c3ccc(F)cc3)N=C(c3ccc(C4Nc5ccccc5O4)cc3)N2)cc1. The molecule has 0 aromatic heterocycles. The molecule has 2 N–H and O–H groups in total. The molecule has 6 rings (SSSR count). The van der Waals surface area contributed by atoms with E-state index in [-0.39, 0.29) is 17.9 Å². The fraction of sp³-hybridized carbons (Fsp3) is 0.133. The molecule has 2 atom stereocenters. The maximum Gasteiger partial charge on any atom is 0.196 e. The lowest BCUT2D eigenvalue weighted by atomic mass is 10.1. The Morgan fingerprint density at radius 1 is 0.649 bits per heavy atom. The molecule has 186 valence electrons. The van der Waals surface area contributed by atoms with Crippen LogP contribution >= 0.6 is 0 Å². The van der Waals surface area contributed by atoms with Crippen LogP contribution in [0.2, 0.25) is 0 Å². The minimum atomic E-state index is -0.569. The molecule has 5 nitrogen and oxygen atoms in total. The quantitative estimate of drug-likeness (QED) is 0.320. The van der Waals surface area contributed by atoms with Gasteiger partial charge in [-0.15, -0.1) is 0 Å². The van der Waals surface area contributed by atoms with Crippen molar-refractivity contribution in [2.45, 2.75) is 26.2 Å². The molecule has 0 amide bonds. The summed E-state index contributed by atoms with van der Waals surface area (Å²) in [5.74, 6) is 1.35. The molecule has 0 fully saturated rings. The summed E-state index contributed by atoms with van der Waals surface area (Å²) in [4.78, 5) is 9.48. The summed E-state index contributed by atoms with van der Waals surface area (Å²) in [6.07, 6.45) is -0.841. The second-order valence-electron chi connectivity index (χ2n) is 8.27. The summed E-state index contributed by atoms with van der Waals surface area (Å²) in [5.41, 5.74) is 4.27. The standard InChI is InChI=1S/C28H20F2N4O.C2H6/c29-21-13-9-18(10-14-21)26-32-25(33-27(34-26)19-11-15-22(30)16-12-19)17-5-7-20(8-6-17)28-31-23-3-1-2-4-24(23)35-28;1-2/h1-16,26,28,31H,(H,32,33,34);1-2H3. The number of fused-ring (bicyclic) bond motifs is 1. The molecule has 2 aliphatic rings. The maximum absolute atomic E-state index is 13.5. The summed E-state index contributed by atoms with van der Waals surface area (Å²) in [7, 11) is 0. The second kappa shape index (κ2) is 10.6. The number of benzene rings is 4. The van der Waals surface area contributed by atoms with Crippen molar-refractivity contribution in [2.24, 2.45) is 9.98 Å². The summed E-state index contributed by atoms with van der Waals surface area (Å²) in [6.45, 7) is 4.00. The Hall–Kier alpha value is -4.52. The van der Waals surface area contributed by atoms with E-state index in [1.807, 2.05) is 62.4 Å². The second-order valence-corrected chi connectivity index (χ2v) is 8.27. The molecule has 37 heavy (non-hydrogen) atoms. The van der Waals surface area contributed by atoms with Gasteiger partial charge in [0, 0.05) is 16.7 Å². The third-order valence-corrected chi connectivity index (χ3v) is 5.93. The zero-order chi connectivity index (χ0) is 25.8. The number of hydrogen-bond donors (Lipinski definition) is 2. The van der Waals surface area contributed by atoms with Crippen molar-refractivity contribution < 1.29 is 13.5 Å². The Kier molecular flexibility index (Phi) is 6.94. The van der Waals surface area contributed by atoms with Gasteiger partial charge in [0.05, 0.1) is 5.69 Å². The smallest absolute Gasteiger partial charge is 0.196 e. The molecule has 0 radical (unpaired) electrons. The van der Waals surface area contributed by atoms with E-state index >= 15 is 0 Å². The van der Waals surface area contributed by atoms with Crippen LogP contribution in [0.15, 0.2) is 107 Å². The van der Waals surface area contributed by atoms with Crippen LogP contribution in [-0.4, -0.2) is 11.7 Å². The van der Waals surface area contributed by atoms with Crippen molar-refractivity contribution in [1.82, 2.24) is 5.32 Å². The molecular formula is C30H26F2N4O. The lowest BCUT2D eigenvalue weighted by Crippen LogP contribution is -2.36. The Balaban J connectivity index is 0.00000137. The van der Waals surface area contributed by atoms with Crippen molar-refractivity contribution in [2.75, 3.05) is 5.32 Å². The van der Waals surface area contributed by atoms with Gasteiger partial charge in [-0.05, 0) is 54.1 Å². The van der Waals surface area contributed by atoms with Crippen LogP contribution in [0.25, 0.3) is 0 Å². The molecule has 2 aliphatic heterocycles. The molecule has 0 saturated carbocycles. The molecule has 7 heteroatoms. The maximum atomic E-state index is 13.5. The summed E-state index contributed by atoms with van der Waals surface area (Å²) < 4.78 is 33.0. The Morgan fingerprint density at radius 3 is 1.76 bits per heavy atom. The first-order chi connectivity index (χ1) is 18.1. The Labute approximate surface area is 214 Å². The zero-order valence-corrected chi connectivity index (χ0v) is 20.5. The van der Waals surface area contributed by atoms with Gasteiger partial charge in [-0.25, -0.2) is 18.8 Å².